The Morgan fingerprint density at radius 2 is 1.78 bits per heavy atom. The van der Waals surface area contributed by atoms with Gasteiger partial charge in [0, 0.05) is 32.6 Å². The lowest BCUT2D eigenvalue weighted by Crippen LogP contribution is -2.48. The van der Waals surface area contributed by atoms with Gasteiger partial charge in [0.05, 0.1) is 17.6 Å². The van der Waals surface area contributed by atoms with Crippen LogP contribution in [-0.4, -0.2) is 51.1 Å². The van der Waals surface area contributed by atoms with Crippen LogP contribution in [0.4, 0.5) is 11.4 Å². The van der Waals surface area contributed by atoms with E-state index < -0.39 is 10.0 Å². The van der Waals surface area contributed by atoms with Crippen molar-refractivity contribution in [2.45, 2.75) is 20.3 Å². The smallest absolute Gasteiger partial charge is 0.224 e. The first-order valence-electron chi connectivity index (χ1n) is 7.86. The predicted octanol–water partition coefficient (Wildman–Crippen LogP) is 1.75. The summed E-state index contributed by atoms with van der Waals surface area (Å²) < 4.78 is 24.7. The number of nitrogens with zero attached hydrogens (tertiary/aromatic N) is 2. The minimum atomic E-state index is -3.14. The fraction of sp³-hybridized carbons (Fsp3) is 0.562. The van der Waals surface area contributed by atoms with Crippen molar-refractivity contribution in [3.63, 3.8) is 0 Å². The molecule has 0 spiro atoms. The molecule has 1 aromatic carbocycles. The molecule has 0 aliphatic carbocycles. The number of hydrogen-bond donors (Lipinski definition) is 1. The molecule has 1 aromatic rings. The molecule has 1 aliphatic heterocycles. The van der Waals surface area contributed by atoms with Gasteiger partial charge in [-0.05, 0) is 18.1 Å². The minimum absolute atomic E-state index is 0.00206. The summed E-state index contributed by atoms with van der Waals surface area (Å²) in [6.45, 7) is 6.18. The Bertz CT molecular complexity index is 650. The van der Waals surface area contributed by atoms with Gasteiger partial charge >= 0.3 is 0 Å². The highest BCUT2D eigenvalue weighted by atomic mass is 32.2. The highest BCUT2D eigenvalue weighted by molar-refractivity contribution is 7.88. The lowest BCUT2D eigenvalue weighted by atomic mass is 10.1. The molecule has 0 radical (unpaired) electrons. The van der Waals surface area contributed by atoms with Crippen LogP contribution >= 0.6 is 0 Å². The van der Waals surface area contributed by atoms with E-state index in [0.29, 0.717) is 38.5 Å². The van der Waals surface area contributed by atoms with Crippen molar-refractivity contribution in [3.8, 4) is 0 Å². The Labute approximate surface area is 138 Å². The fourth-order valence-corrected chi connectivity index (χ4v) is 3.51. The van der Waals surface area contributed by atoms with Crippen LogP contribution in [0.1, 0.15) is 20.3 Å². The van der Waals surface area contributed by atoms with Crippen molar-refractivity contribution in [2.24, 2.45) is 5.92 Å². The summed E-state index contributed by atoms with van der Waals surface area (Å²) in [6, 6.07) is 7.66. The second-order valence-electron chi connectivity index (χ2n) is 6.31. The average Bonchev–Trinajstić information content (AvgIpc) is 2.46. The first kappa shape index (κ1) is 17.7. The molecule has 1 N–H and O–H groups in total. The van der Waals surface area contributed by atoms with Crippen molar-refractivity contribution in [3.05, 3.63) is 24.3 Å². The molecular formula is C16H25N3O3S. The third-order valence-corrected chi connectivity index (χ3v) is 5.12. The highest BCUT2D eigenvalue weighted by Gasteiger charge is 2.24. The van der Waals surface area contributed by atoms with E-state index in [-0.39, 0.29) is 5.91 Å². The standard InChI is InChI=1S/C16H25N3O3S/c1-13(2)12-16(20)17-14-6-4-5-7-15(14)18-8-10-19(11-9-18)23(3,21)22/h4-7,13H,8-12H2,1-3H3,(H,17,20). The molecule has 1 amide bonds. The second kappa shape index (κ2) is 7.31. The van der Waals surface area contributed by atoms with Crippen LogP contribution in [0.2, 0.25) is 0 Å². The van der Waals surface area contributed by atoms with Crippen LogP contribution in [0.25, 0.3) is 0 Å². The number of anilines is 2. The molecule has 0 aromatic heterocycles. The lowest BCUT2D eigenvalue weighted by Gasteiger charge is -2.35. The van der Waals surface area contributed by atoms with Crippen molar-refractivity contribution < 1.29 is 13.2 Å². The normalized spacial score (nSPS) is 16.6. The third kappa shape index (κ3) is 4.94. The minimum Gasteiger partial charge on any atom is -0.367 e. The zero-order valence-electron chi connectivity index (χ0n) is 13.9. The van der Waals surface area contributed by atoms with Crippen molar-refractivity contribution >= 4 is 27.3 Å². The zero-order valence-corrected chi connectivity index (χ0v) is 14.8. The number of piperazine rings is 1. The number of amides is 1. The van der Waals surface area contributed by atoms with E-state index in [1.807, 2.05) is 38.1 Å². The van der Waals surface area contributed by atoms with Gasteiger partial charge < -0.3 is 10.2 Å². The van der Waals surface area contributed by atoms with Gasteiger partial charge in [-0.25, -0.2) is 8.42 Å². The Morgan fingerprint density at radius 1 is 1.17 bits per heavy atom. The van der Waals surface area contributed by atoms with Crippen LogP contribution in [0.3, 0.4) is 0 Å². The Kier molecular flexibility index (Phi) is 5.64. The number of benzene rings is 1. The third-order valence-electron chi connectivity index (χ3n) is 3.82. The summed E-state index contributed by atoms with van der Waals surface area (Å²) in [5.41, 5.74) is 1.73. The predicted molar refractivity (Wildman–Crippen MR) is 93.2 cm³/mol. The van der Waals surface area contributed by atoms with Gasteiger partial charge in [0.25, 0.3) is 0 Å². The van der Waals surface area contributed by atoms with Crippen molar-refractivity contribution in [2.75, 3.05) is 42.7 Å². The van der Waals surface area contributed by atoms with Gasteiger partial charge in [-0.3, -0.25) is 4.79 Å². The van der Waals surface area contributed by atoms with E-state index in [2.05, 4.69) is 10.2 Å². The van der Waals surface area contributed by atoms with Crippen LogP contribution < -0.4 is 10.2 Å². The van der Waals surface area contributed by atoms with Gasteiger partial charge in [0.2, 0.25) is 15.9 Å². The summed E-state index contributed by atoms with van der Waals surface area (Å²) in [5.74, 6) is 0.308. The molecule has 0 bridgehead atoms. The van der Waals surface area contributed by atoms with E-state index in [1.165, 1.54) is 10.6 Å². The number of rotatable bonds is 5. The molecule has 1 aliphatic rings. The Hall–Kier alpha value is -1.60. The van der Waals surface area contributed by atoms with E-state index >= 15 is 0 Å². The molecule has 0 atom stereocenters. The van der Waals surface area contributed by atoms with E-state index in [0.717, 1.165) is 11.4 Å². The van der Waals surface area contributed by atoms with Crippen molar-refractivity contribution in [1.29, 1.82) is 0 Å². The number of nitrogens with one attached hydrogen (secondary N) is 1. The molecule has 23 heavy (non-hydrogen) atoms. The fourth-order valence-electron chi connectivity index (χ4n) is 2.69. The molecule has 1 saturated heterocycles. The Morgan fingerprint density at radius 3 is 2.35 bits per heavy atom. The number of carbonyl (C=O) groups is 1. The summed E-state index contributed by atoms with van der Waals surface area (Å²) in [5, 5.41) is 2.97. The maximum atomic E-state index is 12.0. The van der Waals surface area contributed by atoms with Crippen LogP contribution in [-0.2, 0) is 14.8 Å². The van der Waals surface area contributed by atoms with Gasteiger partial charge in [0.1, 0.15) is 0 Å². The van der Waals surface area contributed by atoms with Crippen LogP contribution in [0.15, 0.2) is 24.3 Å². The summed E-state index contributed by atoms with van der Waals surface area (Å²) in [7, 11) is -3.14. The number of para-hydroxylation sites is 2. The maximum Gasteiger partial charge on any atom is 0.224 e. The average molecular weight is 339 g/mol. The highest BCUT2D eigenvalue weighted by Crippen LogP contribution is 2.27. The van der Waals surface area contributed by atoms with Gasteiger partial charge in [0.15, 0.2) is 0 Å². The molecule has 6 nitrogen and oxygen atoms in total. The molecule has 0 saturated carbocycles. The molecule has 1 fully saturated rings. The summed E-state index contributed by atoms with van der Waals surface area (Å²) >= 11 is 0. The van der Waals surface area contributed by atoms with Gasteiger partial charge in [-0.2, -0.15) is 4.31 Å². The van der Waals surface area contributed by atoms with Crippen molar-refractivity contribution in [1.82, 2.24) is 4.31 Å². The Balaban J connectivity index is 2.08. The molecular weight excluding hydrogens is 314 g/mol. The van der Waals surface area contributed by atoms with Crippen LogP contribution in [0, 0.1) is 5.92 Å². The maximum absolute atomic E-state index is 12.0. The van der Waals surface area contributed by atoms with Crippen LogP contribution in [0.5, 0.6) is 0 Å². The van der Waals surface area contributed by atoms with Gasteiger partial charge in [-0.15, -0.1) is 0 Å². The van der Waals surface area contributed by atoms with Gasteiger partial charge in [-0.1, -0.05) is 26.0 Å². The number of carbonyl (C=O) groups excluding carboxylic acids is 1. The topological polar surface area (TPSA) is 69.7 Å². The van der Waals surface area contributed by atoms with E-state index in [9.17, 15) is 13.2 Å². The lowest BCUT2D eigenvalue weighted by molar-refractivity contribution is -0.116. The molecule has 2 rings (SSSR count). The summed E-state index contributed by atoms with van der Waals surface area (Å²) in [4.78, 5) is 14.1. The molecule has 1 heterocycles. The number of sulfonamides is 1. The molecule has 0 unspecified atom stereocenters. The molecule has 128 valence electrons. The zero-order chi connectivity index (χ0) is 17.0. The van der Waals surface area contributed by atoms with E-state index in [1.54, 1.807) is 0 Å². The largest absolute Gasteiger partial charge is 0.367 e. The summed E-state index contributed by atoms with van der Waals surface area (Å²) in [6.07, 6.45) is 1.72. The first-order chi connectivity index (χ1) is 10.8. The van der Waals surface area contributed by atoms with E-state index in [4.69, 9.17) is 0 Å². The SMILES string of the molecule is CC(C)CC(=O)Nc1ccccc1N1CCN(S(C)(=O)=O)CC1. The second-order valence-corrected chi connectivity index (χ2v) is 8.29. The monoisotopic (exact) mass is 339 g/mol. The molecule has 7 heteroatoms. The first-order valence-corrected chi connectivity index (χ1v) is 9.71. The quantitative estimate of drug-likeness (QED) is 0.887. The number of hydrogen-bond acceptors (Lipinski definition) is 4.